The van der Waals surface area contributed by atoms with Crippen LogP contribution in [0.5, 0.6) is 0 Å². The molecule has 4 heterocycles. The molecule has 3 aliphatic heterocycles. The van der Waals surface area contributed by atoms with Gasteiger partial charge in [0.2, 0.25) is 17.7 Å². The van der Waals surface area contributed by atoms with E-state index in [4.69, 9.17) is 14.2 Å². The lowest BCUT2D eigenvalue weighted by Gasteiger charge is -2.40. The van der Waals surface area contributed by atoms with Crippen molar-refractivity contribution in [1.29, 1.82) is 0 Å². The number of nitrogens with zero attached hydrogens (tertiary/aromatic N) is 5. The highest BCUT2D eigenvalue weighted by Crippen LogP contribution is 2.59. The number of para-hydroxylation sites is 1. The lowest BCUT2D eigenvalue weighted by Crippen LogP contribution is -2.60. The second-order valence-electron chi connectivity index (χ2n) is 14.7. The van der Waals surface area contributed by atoms with Crippen molar-refractivity contribution >= 4 is 34.7 Å². The van der Waals surface area contributed by atoms with E-state index >= 15 is 4.79 Å². The van der Waals surface area contributed by atoms with E-state index in [-0.39, 0.29) is 44.7 Å². The van der Waals surface area contributed by atoms with Crippen LogP contribution in [0.4, 0.5) is 0 Å². The molecule has 9 atom stereocenters. The van der Waals surface area contributed by atoms with Crippen LogP contribution in [-0.2, 0) is 40.1 Å². The smallest absolute Gasteiger partial charge is 0.313 e. The predicted octanol–water partition coefficient (Wildman–Crippen LogP) is 3.57. The third-order valence-corrected chi connectivity index (χ3v) is 11.5. The van der Waals surface area contributed by atoms with Gasteiger partial charge in [-0.05, 0) is 42.9 Å². The Bertz CT molecular complexity index is 1870. The number of carbonyl (C=O) groups is 4. The maximum atomic E-state index is 15.1. The van der Waals surface area contributed by atoms with Crippen molar-refractivity contribution in [3.8, 4) is 0 Å². The van der Waals surface area contributed by atoms with Gasteiger partial charge in [-0.1, -0.05) is 80.1 Å². The molecule has 0 aliphatic carbocycles. The number of hydrogen-bond acceptors (Lipinski definition) is 10. The number of allylic oxidation sites excluding steroid dienone is 1. The fraction of sp³-hybridized carbons (Fsp3) is 0.512. The average molecular weight is 757 g/mol. The second-order valence-corrected chi connectivity index (χ2v) is 14.7. The fourth-order valence-corrected chi connectivity index (χ4v) is 8.66. The lowest BCUT2D eigenvalue weighted by atomic mass is 9.70. The third kappa shape index (κ3) is 7.54. The number of aliphatic hydroxyl groups is 1. The van der Waals surface area contributed by atoms with Gasteiger partial charge in [-0.2, -0.15) is 0 Å². The normalized spacial score (nSPS) is 24.9. The zero-order valence-corrected chi connectivity index (χ0v) is 31.8. The number of likely N-dealkylation sites (tertiary alicyclic amines) is 1. The number of benzene rings is 2. The minimum atomic E-state index is -1.36. The molecule has 14 nitrogen and oxygen atoms in total. The van der Waals surface area contributed by atoms with Gasteiger partial charge in [0.05, 0.1) is 48.8 Å². The number of nitrogens with one attached hydrogen (secondary N) is 1. The Morgan fingerprint density at radius 3 is 2.58 bits per heavy atom. The van der Waals surface area contributed by atoms with Crippen LogP contribution in [-0.4, -0.2) is 110 Å². The number of aromatic nitrogens is 3. The van der Waals surface area contributed by atoms with Gasteiger partial charge in [-0.25, -0.2) is 4.68 Å². The molecule has 2 bridgehead atoms. The number of fused-ring (bicyclic) bond motifs is 2. The molecule has 0 unspecified atom stereocenters. The van der Waals surface area contributed by atoms with Gasteiger partial charge in [0, 0.05) is 20.1 Å². The number of amides is 3. The first kappa shape index (κ1) is 39.8. The fourth-order valence-electron chi connectivity index (χ4n) is 8.66. The van der Waals surface area contributed by atoms with Crippen LogP contribution in [0, 0.1) is 17.8 Å². The number of hydrogen-bond donors (Lipinski definition) is 2. The van der Waals surface area contributed by atoms with Crippen LogP contribution >= 0.6 is 0 Å². The zero-order chi connectivity index (χ0) is 39.3. The molecule has 3 amide bonds. The van der Waals surface area contributed by atoms with Crippen molar-refractivity contribution in [3.63, 3.8) is 0 Å². The van der Waals surface area contributed by atoms with Crippen LogP contribution in [0.1, 0.15) is 57.6 Å². The van der Waals surface area contributed by atoms with Crippen LogP contribution in [0.15, 0.2) is 79.9 Å². The summed E-state index contributed by atoms with van der Waals surface area (Å²) in [5.41, 5.74) is 0.662. The molecule has 14 heteroatoms. The van der Waals surface area contributed by atoms with Crippen LogP contribution in [0.2, 0.25) is 0 Å². The average Bonchev–Trinajstić information content (AvgIpc) is 3.95. The van der Waals surface area contributed by atoms with Crippen molar-refractivity contribution in [3.05, 3.63) is 85.5 Å². The minimum absolute atomic E-state index is 0.0187. The van der Waals surface area contributed by atoms with Gasteiger partial charge >= 0.3 is 5.97 Å². The Morgan fingerprint density at radius 2 is 1.89 bits per heavy atom. The predicted molar refractivity (Wildman–Crippen MR) is 203 cm³/mol. The first-order chi connectivity index (χ1) is 26.6. The summed E-state index contributed by atoms with van der Waals surface area (Å²) in [5, 5.41) is 22.3. The molecule has 3 saturated heterocycles. The molecule has 3 aliphatic rings. The molecule has 1 spiro atoms. The van der Waals surface area contributed by atoms with Crippen molar-refractivity contribution in [2.24, 2.45) is 17.8 Å². The van der Waals surface area contributed by atoms with Crippen molar-refractivity contribution in [2.45, 2.75) is 88.6 Å². The summed E-state index contributed by atoms with van der Waals surface area (Å²) in [4.78, 5) is 60.6. The third-order valence-electron chi connectivity index (χ3n) is 11.5. The second kappa shape index (κ2) is 17.3. The monoisotopic (exact) mass is 756 g/mol. The van der Waals surface area contributed by atoms with Gasteiger partial charge in [0.15, 0.2) is 0 Å². The summed E-state index contributed by atoms with van der Waals surface area (Å²) < 4.78 is 20.2. The van der Waals surface area contributed by atoms with Crippen molar-refractivity contribution in [1.82, 2.24) is 30.1 Å². The first-order valence-corrected chi connectivity index (χ1v) is 19.1. The minimum Gasteiger partial charge on any atom is -0.455 e. The van der Waals surface area contributed by atoms with Crippen molar-refractivity contribution in [2.75, 3.05) is 26.9 Å². The SMILES string of the molecule is C=CCCC(=O)N[C@H](COC)[C@H](OC(=O)[C@@H]1[C@@H]2CC[C@]3(O2)[C@H](C(=O)N(CC=C)Cn2nnc4ccccc42)N([C@@H](CO)[C@@H](C)CC)C(=O)[C@@H]13)c1ccccc1. The van der Waals surface area contributed by atoms with Gasteiger partial charge < -0.3 is 34.4 Å². The number of carbonyl (C=O) groups excluding carboxylic acids is 4. The molecule has 2 N–H and O–H groups in total. The van der Waals surface area contributed by atoms with E-state index in [1.54, 1.807) is 33.9 Å². The lowest BCUT2D eigenvalue weighted by molar-refractivity contribution is -0.164. The largest absolute Gasteiger partial charge is 0.455 e. The summed E-state index contributed by atoms with van der Waals surface area (Å²) in [6.07, 6.45) is 3.66. The standard InChI is InChI=1S/C41H52N6O8/c1-6-9-19-33(49)42-29(24-53-5)36(27-15-11-10-12-16-27)54-40(52)34-32-20-21-41(55-32)35(34)38(50)47(31(23-48)26(4)8-3)37(41)39(51)45(22-7-2)25-46-30-18-14-13-17-28(30)43-44-46/h6-7,10-18,26,29,31-32,34-37,48H,1-2,8-9,19-25H2,3-5H3,(H,42,49)/t26-,29+,31-,32-,34+,35+,36+,37-,41+/m0/s1. The highest BCUT2D eigenvalue weighted by Gasteiger charge is 2.76. The zero-order valence-electron chi connectivity index (χ0n) is 31.8. The van der Waals surface area contributed by atoms with E-state index in [9.17, 15) is 19.5 Å². The van der Waals surface area contributed by atoms with E-state index < -0.39 is 65.6 Å². The van der Waals surface area contributed by atoms with Crippen LogP contribution < -0.4 is 5.32 Å². The van der Waals surface area contributed by atoms with Gasteiger partial charge in [0.1, 0.15) is 29.9 Å². The molecule has 2 aromatic carbocycles. The van der Waals surface area contributed by atoms with Crippen molar-refractivity contribution < 1.29 is 38.5 Å². The van der Waals surface area contributed by atoms with E-state index in [0.717, 1.165) is 5.52 Å². The molecule has 6 rings (SSSR count). The Kier molecular flexibility index (Phi) is 12.5. The molecule has 3 fully saturated rings. The molecule has 0 saturated carbocycles. The summed E-state index contributed by atoms with van der Waals surface area (Å²) in [6, 6.07) is 13.8. The number of aliphatic hydroxyl groups excluding tert-OH is 1. The molecule has 0 radical (unpaired) electrons. The highest BCUT2D eigenvalue weighted by atomic mass is 16.6. The summed E-state index contributed by atoms with van der Waals surface area (Å²) >= 11 is 0. The molecular formula is C41H52N6O8. The summed E-state index contributed by atoms with van der Waals surface area (Å²) in [7, 11) is 1.50. The van der Waals surface area contributed by atoms with E-state index in [1.807, 2.05) is 56.3 Å². The molecule has 294 valence electrons. The highest BCUT2D eigenvalue weighted by molar-refractivity contribution is 5.98. The Labute approximate surface area is 321 Å². The van der Waals surface area contributed by atoms with Crippen LogP contribution in [0.25, 0.3) is 11.0 Å². The van der Waals surface area contributed by atoms with Gasteiger partial charge in [-0.3, -0.25) is 19.2 Å². The van der Waals surface area contributed by atoms with Gasteiger partial charge in [0.25, 0.3) is 0 Å². The summed E-state index contributed by atoms with van der Waals surface area (Å²) in [5.74, 6) is -4.05. The molecule has 55 heavy (non-hydrogen) atoms. The number of rotatable bonds is 19. The maximum absolute atomic E-state index is 15.1. The van der Waals surface area contributed by atoms with E-state index in [1.165, 1.54) is 12.0 Å². The number of methoxy groups -OCH3 is 1. The Morgan fingerprint density at radius 1 is 1.15 bits per heavy atom. The van der Waals surface area contributed by atoms with Gasteiger partial charge in [-0.15, -0.1) is 18.3 Å². The maximum Gasteiger partial charge on any atom is 0.313 e. The number of ether oxygens (including phenoxy) is 3. The first-order valence-electron chi connectivity index (χ1n) is 19.1. The van der Waals surface area contributed by atoms with E-state index in [0.29, 0.717) is 36.8 Å². The molecule has 3 aromatic rings. The Hall–Kier alpha value is -4.92. The Balaban J connectivity index is 1.36. The molecular weight excluding hydrogens is 704 g/mol. The van der Waals surface area contributed by atoms with E-state index in [2.05, 4.69) is 28.8 Å². The summed E-state index contributed by atoms with van der Waals surface area (Å²) in [6.45, 7) is 11.3. The topological polar surface area (TPSA) is 165 Å². The van der Waals surface area contributed by atoms with Crippen LogP contribution in [0.3, 0.4) is 0 Å². The molecule has 1 aromatic heterocycles. The number of esters is 1. The quantitative estimate of drug-likeness (QED) is 0.137.